The molecule has 0 bridgehead atoms. The standard InChI is InChI=1S/C32H28N2O4/c35-21-29-20-34(19-25-11-15-30(16-12-25)36-22-26-7-3-1-4-8-26)33-32(29)38-24-28-13-17-31(18-14-28)37-23-27-9-5-2-6-10-27/h1-18,20-21H,19,22-24H2. The predicted molar refractivity (Wildman–Crippen MR) is 145 cm³/mol. The van der Waals surface area contributed by atoms with Crippen LogP contribution in [-0.2, 0) is 26.4 Å². The number of aromatic nitrogens is 2. The minimum absolute atomic E-state index is 0.296. The Morgan fingerprint density at radius 3 is 1.58 bits per heavy atom. The smallest absolute Gasteiger partial charge is 0.243 e. The lowest BCUT2D eigenvalue weighted by atomic mass is 10.2. The summed E-state index contributed by atoms with van der Waals surface area (Å²) in [5.74, 6) is 1.89. The minimum Gasteiger partial charge on any atom is -0.489 e. The van der Waals surface area contributed by atoms with E-state index in [1.807, 2.05) is 109 Å². The summed E-state index contributed by atoms with van der Waals surface area (Å²) in [5, 5.41) is 4.48. The molecule has 0 saturated heterocycles. The normalized spacial score (nSPS) is 10.6. The first kappa shape index (κ1) is 24.8. The van der Waals surface area contributed by atoms with E-state index in [0.717, 1.165) is 40.0 Å². The molecule has 6 nitrogen and oxygen atoms in total. The monoisotopic (exact) mass is 504 g/mol. The number of hydrogen-bond donors (Lipinski definition) is 0. The van der Waals surface area contributed by atoms with Crippen molar-refractivity contribution < 1.29 is 19.0 Å². The van der Waals surface area contributed by atoms with Gasteiger partial charge in [-0.05, 0) is 46.5 Å². The van der Waals surface area contributed by atoms with E-state index in [0.29, 0.717) is 37.8 Å². The second kappa shape index (κ2) is 12.4. The summed E-state index contributed by atoms with van der Waals surface area (Å²) in [7, 11) is 0. The zero-order valence-corrected chi connectivity index (χ0v) is 20.9. The minimum atomic E-state index is 0.296. The van der Waals surface area contributed by atoms with Crippen LogP contribution in [-0.4, -0.2) is 16.1 Å². The van der Waals surface area contributed by atoms with Gasteiger partial charge in [-0.25, -0.2) is 0 Å². The molecule has 5 rings (SSSR count). The molecule has 0 unspecified atom stereocenters. The number of carbonyl (C=O) groups is 1. The third-order valence-electron chi connectivity index (χ3n) is 5.94. The van der Waals surface area contributed by atoms with E-state index in [1.165, 1.54) is 0 Å². The quantitative estimate of drug-likeness (QED) is 0.182. The summed E-state index contributed by atoms with van der Waals surface area (Å²) >= 11 is 0. The van der Waals surface area contributed by atoms with E-state index in [1.54, 1.807) is 10.9 Å². The summed E-state index contributed by atoms with van der Waals surface area (Å²) in [4.78, 5) is 11.6. The third kappa shape index (κ3) is 6.89. The number of ether oxygens (including phenoxy) is 3. The molecule has 4 aromatic carbocycles. The van der Waals surface area contributed by atoms with Crippen molar-refractivity contribution in [3.8, 4) is 17.4 Å². The molecule has 0 N–H and O–H groups in total. The Labute approximate surface area is 222 Å². The lowest BCUT2D eigenvalue weighted by Crippen LogP contribution is -2.02. The van der Waals surface area contributed by atoms with Gasteiger partial charge in [-0.3, -0.25) is 9.48 Å². The van der Waals surface area contributed by atoms with E-state index in [2.05, 4.69) is 5.10 Å². The van der Waals surface area contributed by atoms with E-state index in [-0.39, 0.29) is 0 Å². The molecule has 0 radical (unpaired) electrons. The number of benzene rings is 4. The van der Waals surface area contributed by atoms with Gasteiger partial charge in [0, 0.05) is 6.20 Å². The molecule has 0 aliphatic heterocycles. The van der Waals surface area contributed by atoms with E-state index in [4.69, 9.17) is 14.2 Å². The van der Waals surface area contributed by atoms with Crippen molar-refractivity contribution in [1.82, 2.24) is 9.78 Å². The fourth-order valence-electron chi connectivity index (χ4n) is 3.89. The molecule has 6 heteroatoms. The topological polar surface area (TPSA) is 62.6 Å². The molecule has 0 amide bonds. The second-order valence-corrected chi connectivity index (χ2v) is 8.83. The fraction of sp³-hybridized carbons (Fsp3) is 0.125. The van der Waals surface area contributed by atoms with Crippen LogP contribution in [0, 0.1) is 0 Å². The van der Waals surface area contributed by atoms with Crippen LogP contribution in [0.4, 0.5) is 0 Å². The van der Waals surface area contributed by atoms with Crippen molar-refractivity contribution >= 4 is 6.29 Å². The predicted octanol–water partition coefficient (Wildman–Crippen LogP) is 6.48. The highest BCUT2D eigenvalue weighted by Gasteiger charge is 2.11. The number of carbonyl (C=O) groups excluding carboxylic acids is 1. The van der Waals surface area contributed by atoms with Crippen molar-refractivity contribution in [2.24, 2.45) is 0 Å². The Morgan fingerprint density at radius 1 is 0.579 bits per heavy atom. The maximum Gasteiger partial charge on any atom is 0.243 e. The molecule has 0 fully saturated rings. The van der Waals surface area contributed by atoms with Crippen molar-refractivity contribution in [3.05, 3.63) is 143 Å². The van der Waals surface area contributed by atoms with E-state index >= 15 is 0 Å². The molecule has 5 aromatic rings. The Bertz CT molecular complexity index is 1430. The van der Waals surface area contributed by atoms with Gasteiger partial charge < -0.3 is 14.2 Å². The Morgan fingerprint density at radius 2 is 1.05 bits per heavy atom. The van der Waals surface area contributed by atoms with Crippen LogP contribution in [0.2, 0.25) is 0 Å². The first-order valence-corrected chi connectivity index (χ1v) is 12.4. The van der Waals surface area contributed by atoms with Crippen LogP contribution in [0.5, 0.6) is 17.4 Å². The molecular formula is C32H28N2O4. The number of aldehydes is 1. The number of nitrogens with zero attached hydrogens (tertiary/aromatic N) is 2. The number of hydrogen-bond acceptors (Lipinski definition) is 5. The lowest BCUT2D eigenvalue weighted by molar-refractivity contribution is 0.111. The van der Waals surface area contributed by atoms with Gasteiger partial charge in [-0.2, -0.15) is 0 Å². The number of rotatable bonds is 12. The van der Waals surface area contributed by atoms with Gasteiger partial charge in [0.1, 0.15) is 31.3 Å². The molecular weight excluding hydrogens is 476 g/mol. The van der Waals surface area contributed by atoms with E-state index < -0.39 is 0 Å². The highest BCUT2D eigenvalue weighted by atomic mass is 16.5. The summed E-state index contributed by atoms with van der Waals surface area (Å²) in [6, 6.07) is 35.6. The third-order valence-corrected chi connectivity index (χ3v) is 5.94. The van der Waals surface area contributed by atoms with Crippen LogP contribution in [0.3, 0.4) is 0 Å². The molecule has 190 valence electrons. The SMILES string of the molecule is O=Cc1cn(Cc2ccc(OCc3ccccc3)cc2)nc1OCc1ccc(OCc2ccccc2)cc1. The zero-order chi connectivity index (χ0) is 26.0. The fourth-order valence-corrected chi connectivity index (χ4v) is 3.89. The van der Waals surface area contributed by atoms with Crippen LogP contribution < -0.4 is 14.2 Å². The van der Waals surface area contributed by atoms with Gasteiger partial charge in [-0.1, -0.05) is 84.9 Å². The van der Waals surface area contributed by atoms with Crippen LogP contribution in [0.25, 0.3) is 0 Å². The molecule has 1 heterocycles. The summed E-state index contributed by atoms with van der Waals surface area (Å²) in [6.45, 7) is 1.84. The summed E-state index contributed by atoms with van der Waals surface area (Å²) in [6.07, 6.45) is 2.46. The highest BCUT2D eigenvalue weighted by Crippen LogP contribution is 2.20. The molecule has 0 atom stereocenters. The molecule has 0 aliphatic rings. The largest absolute Gasteiger partial charge is 0.489 e. The molecule has 0 aliphatic carbocycles. The van der Waals surface area contributed by atoms with Crippen molar-refractivity contribution in [1.29, 1.82) is 0 Å². The molecule has 1 aromatic heterocycles. The van der Waals surface area contributed by atoms with Crippen LogP contribution in [0.1, 0.15) is 32.6 Å². The first-order chi connectivity index (χ1) is 18.7. The lowest BCUT2D eigenvalue weighted by Gasteiger charge is -2.08. The maximum absolute atomic E-state index is 11.6. The van der Waals surface area contributed by atoms with Crippen LogP contribution in [0.15, 0.2) is 115 Å². The van der Waals surface area contributed by atoms with E-state index in [9.17, 15) is 4.79 Å². The van der Waals surface area contributed by atoms with Gasteiger partial charge in [0.15, 0.2) is 6.29 Å². The van der Waals surface area contributed by atoms with Crippen molar-refractivity contribution in [2.75, 3.05) is 0 Å². The second-order valence-electron chi connectivity index (χ2n) is 8.83. The van der Waals surface area contributed by atoms with Crippen molar-refractivity contribution in [2.45, 2.75) is 26.4 Å². The molecule has 0 spiro atoms. The molecule has 38 heavy (non-hydrogen) atoms. The van der Waals surface area contributed by atoms with Crippen molar-refractivity contribution in [3.63, 3.8) is 0 Å². The van der Waals surface area contributed by atoms with Gasteiger partial charge in [-0.15, -0.1) is 5.10 Å². The maximum atomic E-state index is 11.6. The van der Waals surface area contributed by atoms with Gasteiger partial charge >= 0.3 is 0 Å². The van der Waals surface area contributed by atoms with Gasteiger partial charge in [0.25, 0.3) is 0 Å². The Balaban J connectivity index is 1.13. The van der Waals surface area contributed by atoms with Gasteiger partial charge in [0.2, 0.25) is 5.88 Å². The molecule has 0 saturated carbocycles. The Kier molecular flexibility index (Phi) is 8.11. The average molecular weight is 505 g/mol. The summed E-state index contributed by atoms with van der Waals surface area (Å²) < 4.78 is 19.3. The zero-order valence-electron chi connectivity index (χ0n) is 20.9. The average Bonchev–Trinajstić information content (AvgIpc) is 3.37. The highest BCUT2D eigenvalue weighted by molar-refractivity contribution is 5.77. The van der Waals surface area contributed by atoms with Crippen LogP contribution >= 0.6 is 0 Å². The Hall–Kier alpha value is -4.84. The first-order valence-electron chi connectivity index (χ1n) is 12.4. The van der Waals surface area contributed by atoms with Gasteiger partial charge in [0.05, 0.1) is 12.1 Å². The summed E-state index contributed by atoms with van der Waals surface area (Å²) in [5.41, 5.74) is 4.64.